The van der Waals surface area contributed by atoms with Gasteiger partial charge >= 0.3 is 0 Å². The van der Waals surface area contributed by atoms with E-state index in [1.54, 1.807) is 0 Å². The van der Waals surface area contributed by atoms with Crippen molar-refractivity contribution in [3.8, 4) is 0 Å². The van der Waals surface area contributed by atoms with Crippen molar-refractivity contribution in [2.45, 2.75) is 46.7 Å². The van der Waals surface area contributed by atoms with E-state index < -0.39 is 0 Å². The van der Waals surface area contributed by atoms with E-state index in [0.29, 0.717) is 6.54 Å². The molecular weight excluding hydrogens is 284 g/mol. The minimum absolute atomic E-state index is 0.0457. The Balaban J connectivity index is 2.11. The Labute approximate surface area is 139 Å². The Kier molecular flexibility index (Phi) is 6.45. The quantitative estimate of drug-likeness (QED) is 0.712. The van der Waals surface area contributed by atoms with Crippen LogP contribution in [0.5, 0.6) is 0 Å². The van der Waals surface area contributed by atoms with Crippen LogP contribution in [0.1, 0.15) is 44.9 Å². The van der Waals surface area contributed by atoms with E-state index >= 15 is 0 Å². The largest absolute Gasteiger partial charge is 0.345 e. The highest BCUT2D eigenvalue weighted by atomic mass is 16.2. The minimum Gasteiger partial charge on any atom is -0.345 e. The summed E-state index contributed by atoms with van der Waals surface area (Å²) in [5.74, 6) is 0.287. The van der Waals surface area contributed by atoms with Gasteiger partial charge in [0.1, 0.15) is 0 Å². The topological polar surface area (TPSA) is 25.2 Å². The molecule has 0 atom stereocenters. The number of carbonyl (C=O) groups is 1. The van der Waals surface area contributed by atoms with Crippen molar-refractivity contribution in [2.75, 3.05) is 6.54 Å². The predicted molar refractivity (Wildman–Crippen MR) is 95.1 cm³/mol. The van der Waals surface area contributed by atoms with Gasteiger partial charge in [-0.2, -0.15) is 0 Å². The maximum Gasteiger partial charge on any atom is 0.225 e. The van der Waals surface area contributed by atoms with Gasteiger partial charge < -0.3 is 9.47 Å². The first-order chi connectivity index (χ1) is 11.1. The second kappa shape index (κ2) is 8.56. The lowest BCUT2D eigenvalue weighted by Crippen LogP contribution is -2.35. The SMILES string of the molecule is CCCCN(Cc1cccn1Cc1ccccc1)C(=O)C(C)C. The van der Waals surface area contributed by atoms with Crippen LogP contribution in [0.25, 0.3) is 0 Å². The van der Waals surface area contributed by atoms with Gasteiger partial charge in [0.25, 0.3) is 0 Å². The number of aromatic nitrogens is 1. The Morgan fingerprint density at radius 2 is 1.87 bits per heavy atom. The van der Waals surface area contributed by atoms with Gasteiger partial charge in [0.2, 0.25) is 5.91 Å². The molecule has 0 saturated heterocycles. The second-order valence-corrected chi connectivity index (χ2v) is 6.38. The van der Waals surface area contributed by atoms with Crippen molar-refractivity contribution in [3.05, 3.63) is 59.9 Å². The summed E-state index contributed by atoms with van der Waals surface area (Å²) >= 11 is 0. The summed E-state index contributed by atoms with van der Waals surface area (Å²) < 4.78 is 2.24. The Morgan fingerprint density at radius 3 is 2.52 bits per heavy atom. The highest BCUT2D eigenvalue weighted by molar-refractivity contribution is 5.78. The summed E-state index contributed by atoms with van der Waals surface area (Å²) in [6, 6.07) is 14.6. The number of hydrogen-bond donors (Lipinski definition) is 0. The number of rotatable bonds is 8. The normalized spacial score (nSPS) is 11.0. The van der Waals surface area contributed by atoms with E-state index in [4.69, 9.17) is 0 Å². The molecule has 0 bridgehead atoms. The van der Waals surface area contributed by atoms with Crippen LogP contribution in [0.15, 0.2) is 48.7 Å². The van der Waals surface area contributed by atoms with Gasteiger partial charge in [-0.1, -0.05) is 57.5 Å². The molecule has 23 heavy (non-hydrogen) atoms. The lowest BCUT2D eigenvalue weighted by atomic mass is 10.1. The van der Waals surface area contributed by atoms with Gasteiger partial charge in [-0.05, 0) is 24.1 Å². The summed E-state index contributed by atoms with van der Waals surface area (Å²) in [5, 5.41) is 0. The number of amides is 1. The minimum atomic E-state index is 0.0457. The summed E-state index contributed by atoms with van der Waals surface area (Å²) in [5.41, 5.74) is 2.47. The molecule has 1 aromatic heterocycles. The molecule has 3 nitrogen and oxygen atoms in total. The van der Waals surface area contributed by atoms with Crippen LogP contribution in [0.4, 0.5) is 0 Å². The molecule has 0 spiro atoms. The first-order valence-corrected chi connectivity index (χ1v) is 8.58. The number of benzene rings is 1. The average Bonchev–Trinajstić information content (AvgIpc) is 2.98. The maximum atomic E-state index is 12.5. The van der Waals surface area contributed by atoms with Crippen molar-refractivity contribution in [3.63, 3.8) is 0 Å². The molecule has 0 N–H and O–H groups in total. The molecular formula is C20H28N2O. The lowest BCUT2D eigenvalue weighted by Gasteiger charge is -2.25. The van der Waals surface area contributed by atoms with Crippen molar-refractivity contribution >= 4 is 5.91 Å². The average molecular weight is 312 g/mol. The van der Waals surface area contributed by atoms with Crippen LogP contribution in [-0.4, -0.2) is 21.9 Å². The van der Waals surface area contributed by atoms with Crippen LogP contribution in [-0.2, 0) is 17.9 Å². The second-order valence-electron chi connectivity index (χ2n) is 6.38. The van der Waals surface area contributed by atoms with Crippen LogP contribution in [0, 0.1) is 5.92 Å². The molecule has 0 fully saturated rings. The van der Waals surface area contributed by atoms with E-state index in [1.807, 2.05) is 24.8 Å². The Morgan fingerprint density at radius 1 is 1.13 bits per heavy atom. The summed E-state index contributed by atoms with van der Waals surface area (Å²) in [4.78, 5) is 14.5. The van der Waals surface area contributed by atoms with Crippen LogP contribution >= 0.6 is 0 Å². The third-order valence-corrected chi connectivity index (χ3v) is 4.06. The van der Waals surface area contributed by atoms with Gasteiger partial charge in [-0.15, -0.1) is 0 Å². The summed E-state index contributed by atoms with van der Waals surface area (Å²) in [6.45, 7) is 8.49. The Bertz CT molecular complexity index is 601. The summed E-state index contributed by atoms with van der Waals surface area (Å²) in [6.07, 6.45) is 4.25. The molecule has 0 aliphatic rings. The van der Waals surface area contributed by atoms with E-state index in [9.17, 15) is 4.79 Å². The zero-order valence-electron chi connectivity index (χ0n) is 14.5. The smallest absolute Gasteiger partial charge is 0.225 e. The number of carbonyl (C=O) groups excluding carboxylic acids is 1. The van der Waals surface area contributed by atoms with Gasteiger partial charge in [0.05, 0.1) is 6.54 Å². The van der Waals surface area contributed by atoms with Crippen molar-refractivity contribution in [2.24, 2.45) is 5.92 Å². The first kappa shape index (κ1) is 17.3. The van der Waals surface area contributed by atoms with Crippen molar-refractivity contribution < 1.29 is 4.79 Å². The molecule has 2 rings (SSSR count). The standard InChI is InChI=1S/C20H28N2O/c1-4-5-13-22(20(23)17(2)3)16-19-12-9-14-21(19)15-18-10-7-6-8-11-18/h6-12,14,17H,4-5,13,15-16H2,1-3H3. The van der Waals surface area contributed by atoms with Crippen LogP contribution < -0.4 is 0 Å². The molecule has 2 aromatic rings. The van der Waals surface area contributed by atoms with Gasteiger partial charge in [-0.3, -0.25) is 4.79 Å². The number of nitrogens with zero attached hydrogens (tertiary/aromatic N) is 2. The third-order valence-electron chi connectivity index (χ3n) is 4.06. The molecule has 124 valence electrons. The van der Waals surface area contributed by atoms with Crippen LogP contribution in [0.2, 0.25) is 0 Å². The van der Waals surface area contributed by atoms with E-state index in [2.05, 4.69) is 54.1 Å². The van der Waals surface area contributed by atoms with Gasteiger partial charge in [0, 0.05) is 30.9 Å². The molecule has 1 heterocycles. The zero-order valence-corrected chi connectivity index (χ0v) is 14.5. The molecule has 3 heteroatoms. The molecule has 0 unspecified atom stereocenters. The molecule has 1 aromatic carbocycles. The fourth-order valence-corrected chi connectivity index (χ4v) is 2.70. The van der Waals surface area contributed by atoms with Crippen LogP contribution in [0.3, 0.4) is 0 Å². The highest BCUT2D eigenvalue weighted by Gasteiger charge is 2.18. The van der Waals surface area contributed by atoms with E-state index in [-0.39, 0.29) is 11.8 Å². The lowest BCUT2D eigenvalue weighted by molar-refractivity contribution is -0.135. The molecule has 1 amide bonds. The third kappa shape index (κ3) is 4.98. The van der Waals surface area contributed by atoms with E-state index in [0.717, 1.165) is 25.9 Å². The molecule has 0 aliphatic carbocycles. The van der Waals surface area contributed by atoms with Gasteiger partial charge in [-0.25, -0.2) is 0 Å². The fourth-order valence-electron chi connectivity index (χ4n) is 2.70. The fraction of sp³-hybridized carbons (Fsp3) is 0.450. The summed E-state index contributed by atoms with van der Waals surface area (Å²) in [7, 11) is 0. The zero-order chi connectivity index (χ0) is 16.7. The van der Waals surface area contributed by atoms with Crippen molar-refractivity contribution in [1.82, 2.24) is 9.47 Å². The highest BCUT2D eigenvalue weighted by Crippen LogP contribution is 2.13. The monoisotopic (exact) mass is 312 g/mol. The van der Waals surface area contributed by atoms with Gasteiger partial charge in [0.15, 0.2) is 0 Å². The molecule has 0 aliphatic heterocycles. The van der Waals surface area contributed by atoms with E-state index in [1.165, 1.54) is 11.3 Å². The number of hydrogen-bond acceptors (Lipinski definition) is 1. The predicted octanol–water partition coefficient (Wildman–Crippen LogP) is 4.32. The van der Waals surface area contributed by atoms with Crippen molar-refractivity contribution in [1.29, 1.82) is 0 Å². The Hall–Kier alpha value is -2.03. The molecule has 0 radical (unpaired) electrons. The first-order valence-electron chi connectivity index (χ1n) is 8.58. The molecule has 0 saturated carbocycles. The number of unbranched alkanes of at least 4 members (excludes halogenated alkanes) is 1. The maximum absolute atomic E-state index is 12.5.